The number of fused-ring (bicyclic) bond motifs is 4. The lowest BCUT2D eigenvalue weighted by molar-refractivity contribution is 1.07. The fraction of sp³-hybridized carbons (Fsp3) is 0. The number of hydrogen-bond acceptors (Lipinski definition) is 13. The van der Waals surface area contributed by atoms with Gasteiger partial charge in [-0.1, -0.05) is 243 Å². The van der Waals surface area contributed by atoms with Gasteiger partial charge in [0.15, 0.2) is 34.9 Å². The Bertz CT molecular complexity index is 5510. The van der Waals surface area contributed by atoms with Gasteiger partial charge in [0.2, 0.25) is 0 Å². The number of nitrogens with zero attached hydrogens (tertiary/aromatic N) is 13. The summed E-state index contributed by atoms with van der Waals surface area (Å²) in [5.41, 5.74) is 20.8. The van der Waals surface area contributed by atoms with Crippen molar-refractivity contribution >= 4 is 43.6 Å². The molecule has 8 heterocycles. The molecule has 0 fully saturated rings. The number of hydrogen-bond donors (Lipinski definition) is 0. The van der Waals surface area contributed by atoms with E-state index in [0.29, 0.717) is 34.9 Å². The average molecular weight is 1280 g/mol. The summed E-state index contributed by atoms with van der Waals surface area (Å²) in [4.78, 5) is 61.8. The van der Waals surface area contributed by atoms with Crippen LogP contribution in [0.3, 0.4) is 0 Å². The molecule has 0 unspecified atom stereocenters. The lowest BCUT2D eigenvalue weighted by Crippen LogP contribution is -2.00. The van der Waals surface area contributed by atoms with Crippen molar-refractivity contribution in [2.24, 2.45) is 0 Å². The fourth-order valence-corrected chi connectivity index (χ4v) is 12.2. The van der Waals surface area contributed by atoms with Crippen LogP contribution >= 0.6 is 0 Å². The second kappa shape index (κ2) is 26.7. The molecule has 0 aliphatic carbocycles. The maximum atomic E-state index is 5.10. The van der Waals surface area contributed by atoms with Crippen LogP contribution in [0.15, 0.2) is 334 Å². The third-order valence-electron chi connectivity index (χ3n) is 17.5. The number of pyridine rings is 4. The summed E-state index contributed by atoms with van der Waals surface area (Å²) >= 11 is 0. The van der Waals surface area contributed by atoms with Crippen molar-refractivity contribution in [2.75, 3.05) is 0 Å². The zero-order valence-electron chi connectivity index (χ0n) is 53.6. The van der Waals surface area contributed by atoms with Crippen molar-refractivity contribution in [2.45, 2.75) is 0 Å². The van der Waals surface area contributed by atoms with Gasteiger partial charge in [-0.25, -0.2) is 64.8 Å². The lowest BCUT2D eigenvalue weighted by atomic mass is 10.0. The van der Waals surface area contributed by atoms with E-state index in [2.05, 4.69) is 184 Å². The van der Waals surface area contributed by atoms with Crippen LogP contribution < -0.4 is 0 Å². The molecule has 13 heteroatoms. The van der Waals surface area contributed by atoms with Crippen molar-refractivity contribution in [1.29, 1.82) is 0 Å². The van der Waals surface area contributed by atoms with E-state index in [1.54, 1.807) is 36.9 Å². The molecule has 0 N–H and O–H groups in total. The van der Waals surface area contributed by atoms with E-state index in [4.69, 9.17) is 44.9 Å². The minimum Gasteiger partial charge on any atom is -0.248 e. The molecule has 0 aliphatic heterocycles. The monoisotopic (exact) mass is 1280 g/mol. The molecular weight excluding hydrogens is 1230 g/mol. The molecule has 10 aromatic carbocycles. The lowest BCUT2D eigenvalue weighted by Gasteiger charge is -2.10. The Labute approximate surface area is 575 Å². The first-order chi connectivity index (χ1) is 49.5. The van der Waals surface area contributed by atoms with Crippen molar-refractivity contribution in [3.8, 4) is 136 Å². The smallest absolute Gasteiger partial charge is 0.178 e. The summed E-state index contributed by atoms with van der Waals surface area (Å²) in [7, 11) is 0. The molecule has 0 saturated heterocycles. The molecule has 0 bridgehead atoms. The Hall–Kier alpha value is -13.9. The Morgan fingerprint density at radius 3 is 0.720 bits per heavy atom. The molecular formula is C87H55N13. The van der Waals surface area contributed by atoms with Gasteiger partial charge >= 0.3 is 0 Å². The summed E-state index contributed by atoms with van der Waals surface area (Å²) < 4.78 is 0. The van der Waals surface area contributed by atoms with Crippen LogP contribution in [-0.2, 0) is 0 Å². The standard InChI is InChI=1S/C44H28N6.C43H27N7/c1-3-8-29(9-4-1)41-28-42(50-43(49-41)34-10-5-2-6-11-34)31-14-12-30(13-15-31)37-22-20-32-16-18-35(26-39(32)47-37)36-19-17-33-21-23-38(48-40(33)27-36)44-45-24-7-25-46-44;1-3-8-31(9-4-1)40-48-41(32-10-5-2-6-11-32)50-42(49-40)33-16-12-28(13-17-33)36-22-20-29-14-18-34(26-38(29)46-36)35-19-15-30-21-23-37(47-39(30)27-35)43-44-24-7-25-45-43/h1-28H;1-27H. The van der Waals surface area contributed by atoms with Crippen molar-refractivity contribution in [1.82, 2.24) is 64.8 Å². The largest absolute Gasteiger partial charge is 0.248 e. The molecule has 18 aromatic rings. The van der Waals surface area contributed by atoms with E-state index in [-0.39, 0.29) is 0 Å². The van der Waals surface area contributed by atoms with E-state index < -0.39 is 0 Å². The van der Waals surface area contributed by atoms with Crippen molar-refractivity contribution in [3.63, 3.8) is 0 Å². The van der Waals surface area contributed by atoms with Crippen LogP contribution in [0.1, 0.15) is 0 Å². The minimum absolute atomic E-state index is 0.609. The Kier molecular flexibility index (Phi) is 16.0. The third kappa shape index (κ3) is 12.7. The second-order valence-corrected chi connectivity index (χ2v) is 23.9. The number of rotatable bonds is 12. The number of aromatic nitrogens is 13. The highest BCUT2D eigenvalue weighted by Crippen LogP contribution is 2.35. The van der Waals surface area contributed by atoms with Gasteiger partial charge in [-0.15, -0.1) is 0 Å². The van der Waals surface area contributed by atoms with E-state index in [1.165, 1.54) is 0 Å². The van der Waals surface area contributed by atoms with Crippen molar-refractivity contribution < 1.29 is 0 Å². The van der Waals surface area contributed by atoms with Gasteiger partial charge < -0.3 is 0 Å². The summed E-state index contributed by atoms with van der Waals surface area (Å²) in [6, 6.07) is 105. The minimum atomic E-state index is 0.609. The van der Waals surface area contributed by atoms with Gasteiger partial charge in [-0.3, -0.25) is 0 Å². The molecule has 18 rings (SSSR count). The summed E-state index contributed by atoms with van der Waals surface area (Å²) in [5.74, 6) is 3.81. The molecule has 100 heavy (non-hydrogen) atoms. The highest BCUT2D eigenvalue weighted by atomic mass is 15.0. The van der Waals surface area contributed by atoms with Crippen molar-refractivity contribution in [3.05, 3.63) is 334 Å². The van der Waals surface area contributed by atoms with Crippen LogP contribution in [0.4, 0.5) is 0 Å². The van der Waals surface area contributed by atoms with Gasteiger partial charge in [0.1, 0.15) is 11.4 Å². The summed E-state index contributed by atoms with van der Waals surface area (Å²) in [6.07, 6.45) is 6.93. The Morgan fingerprint density at radius 1 is 0.140 bits per heavy atom. The number of benzene rings is 10. The maximum absolute atomic E-state index is 5.10. The Morgan fingerprint density at radius 2 is 0.380 bits per heavy atom. The molecule has 0 amide bonds. The van der Waals surface area contributed by atoms with Crippen LogP contribution in [0, 0.1) is 0 Å². The molecule has 8 aromatic heterocycles. The second-order valence-electron chi connectivity index (χ2n) is 23.9. The maximum Gasteiger partial charge on any atom is 0.178 e. The highest BCUT2D eigenvalue weighted by molar-refractivity contribution is 5.92. The highest BCUT2D eigenvalue weighted by Gasteiger charge is 2.17. The summed E-state index contributed by atoms with van der Waals surface area (Å²) in [6.45, 7) is 0. The first-order valence-corrected chi connectivity index (χ1v) is 32.7. The van der Waals surface area contributed by atoms with E-state index in [1.807, 2.05) is 133 Å². The van der Waals surface area contributed by atoms with Gasteiger partial charge in [0, 0.05) is 90.8 Å². The van der Waals surface area contributed by atoms with Crippen LogP contribution in [-0.4, -0.2) is 64.8 Å². The van der Waals surface area contributed by atoms with E-state index in [0.717, 1.165) is 145 Å². The van der Waals surface area contributed by atoms with Gasteiger partial charge in [0.05, 0.1) is 44.8 Å². The van der Waals surface area contributed by atoms with E-state index in [9.17, 15) is 0 Å². The zero-order chi connectivity index (χ0) is 66.6. The predicted molar refractivity (Wildman–Crippen MR) is 399 cm³/mol. The quantitative estimate of drug-likeness (QED) is 0.113. The molecule has 0 saturated carbocycles. The van der Waals surface area contributed by atoms with Gasteiger partial charge in [0.25, 0.3) is 0 Å². The van der Waals surface area contributed by atoms with Crippen LogP contribution in [0.5, 0.6) is 0 Å². The zero-order valence-corrected chi connectivity index (χ0v) is 53.6. The molecule has 0 spiro atoms. The SMILES string of the molecule is c1ccc(-c2cc(-c3ccc(-c4ccc5ccc(-c6ccc7ccc(-c8ncccn8)nc7c6)cc5n4)cc3)nc(-c3ccccc3)n2)cc1.c1ccc(-c2nc(-c3ccccc3)nc(-c3ccc(-c4ccc5ccc(-c6ccc7ccc(-c8ncccn8)nc7c6)cc5n4)cc3)n2)cc1. The summed E-state index contributed by atoms with van der Waals surface area (Å²) in [5, 5.41) is 4.28. The van der Waals surface area contributed by atoms with E-state index >= 15 is 0 Å². The first-order valence-electron chi connectivity index (χ1n) is 32.7. The fourth-order valence-electron chi connectivity index (χ4n) is 12.2. The first kappa shape index (κ1) is 59.8. The van der Waals surface area contributed by atoms with Gasteiger partial charge in [-0.05, 0) is 89.0 Å². The third-order valence-corrected chi connectivity index (χ3v) is 17.5. The molecule has 0 aliphatic rings. The Balaban J connectivity index is 0.000000150. The molecule has 13 nitrogen and oxygen atoms in total. The normalized spacial score (nSPS) is 11.2. The topological polar surface area (TPSA) is 168 Å². The average Bonchev–Trinajstić information content (AvgIpc) is 0.799. The molecule has 0 atom stereocenters. The van der Waals surface area contributed by atoms with Gasteiger partial charge in [-0.2, -0.15) is 0 Å². The molecule has 468 valence electrons. The van der Waals surface area contributed by atoms with Crippen LogP contribution in [0.25, 0.3) is 179 Å². The van der Waals surface area contributed by atoms with Crippen LogP contribution in [0.2, 0.25) is 0 Å². The molecule has 0 radical (unpaired) electrons. The predicted octanol–water partition coefficient (Wildman–Crippen LogP) is 20.1.